The second kappa shape index (κ2) is 5.70. The molecule has 0 fully saturated rings. The van der Waals surface area contributed by atoms with Crippen LogP contribution in [0.15, 0.2) is 42.5 Å². The molecule has 1 N–H and O–H groups in total. The molecule has 1 aliphatic heterocycles. The molecule has 1 aliphatic rings. The number of nitrogens with zero attached hydrogens (tertiary/aromatic N) is 1. The van der Waals surface area contributed by atoms with Crippen molar-refractivity contribution < 1.29 is 13.2 Å². The number of anilines is 2. The lowest BCUT2D eigenvalue weighted by atomic mass is 10.2. The van der Waals surface area contributed by atoms with Crippen molar-refractivity contribution in [3.05, 3.63) is 53.1 Å². The maximum atomic E-state index is 12.7. The van der Waals surface area contributed by atoms with Crippen molar-refractivity contribution in [2.75, 3.05) is 22.2 Å². The average Bonchev–Trinajstić information content (AvgIpc) is 2.50. The van der Waals surface area contributed by atoms with Gasteiger partial charge in [0.25, 0.3) is 0 Å². The van der Waals surface area contributed by atoms with E-state index in [1.165, 1.54) is 4.31 Å². The van der Waals surface area contributed by atoms with Gasteiger partial charge in [-0.1, -0.05) is 29.8 Å². The second-order valence-electron chi connectivity index (χ2n) is 4.95. The van der Waals surface area contributed by atoms with Gasteiger partial charge in [0, 0.05) is 5.02 Å². The number of aryl methyl sites for hydroxylation is 1. The van der Waals surface area contributed by atoms with Gasteiger partial charge < -0.3 is 4.74 Å². The molecule has 0 aliphatic carbocycles. The highest BCUT2D eigenvalue weighted by Crippen LogP contribution is 2.33. The van der Waals surface area contributed by atoms with Crippen LogP contribution < -0.4 is 13.8 Å². The molecule has 2 aromatic carbocycles. The van der Waals surface area contributed by atoms with Gasteiger partial charge in [0.1, 0.15) is 12.4 Å². The highest BCUT2D eigenvalue weighted by atomic mass is 35.5. The minimum absolute atomic E-state index is 0.256. The Morgan fingerprint density at radius 2 is 2.00 bits per heavy atom. The van der Waals surface area contributed by atoms with Gasteiger partial charge in [0.15, 0.2) is 0 Å². The standard InChI is InChI=1S/C15H15ClN2O3S/c1-11-6-7-12(16)10-13(11)17-22(19,20)18-8-9-21-15-5-3-2-4-14(15)18/h2-7,10,17H,8-9H2,1H3. The van der Waals surface area contributed by atoms with Gasteiger partial charge in [-0.05, 0) is 36.8 Å². The monoisotopic (exact) mass is 338 g/mol. The molecule has 5 nitrogen and oxygen atoms in total. The number of fused-ring (bicyclic) bond motifs is 1. The van der Waals surface area contributed by atoms with E-state index in [-0.39, 0.29) is 6.54 Å². The fourth-order valence-corrected chi connectivity index (χ4v) is 3.80. The Kier molecular flexibility index (Phi) is 3.88. The number of para-hydroxylation sites is 2. The molecule has 22 heavy (non-hydrogen) atoms. The van der Waals surface area contributed by atoms with E-state index in [1.54, 1.807) is 36.4 Å². The number of halogens is 1. The summed E-state index contributed by atoms with van der Waals surface area (Å²) in [5, 5.41) is 0.477. The summed E-state index contributed by atoms with van der Waals surface area (Å²) in [5.74, 6) is 0.557. The summed E-state index contributed by atoms with van der Waals surface area (Å²) in [4.78, 5) is 0. The molecule has 2 aromatic rings. The van der Waals surface area contributed by atoms with E-state index >= 15 is 0 Å². The molecule has 7 heteroatoms. The van der Waals surface area contributed by atoms with Crippen LogP contribution in [-0.4, -0.2) is 21.6 Å². The Morgan fingerprint density at radius 3 is 2.82 bits per heavy atom. The Bertz CT molecular complexity index is 808. The molecular formula is C15H15ClN2O3S. The molecule has 116 valence electrons. The summed E-state index contributed by atoms with van der Waals surface area (Å²) >= 11 is 5.94. The second-order valence-corrected chi connectivity index (χ2v) is 6.99. The summed E-state index contributed by atoms with van der Waals surface area (Å²) in [6.07, 6.45) is 0. The van der Waals surface area contributed by atoms with Crippen molar-refractivity contribution in [3.8, 4) is 5.75 Å². The number of hydrogen-bond acceptors (Lipinski definition) is 3. The van der Waals surface area contributed by atoms with E-state index in [4.69, 9.17) is 16.3 Å². The van der Waals surface area contributed by atoms with Crippen LogP contribution in [0.2, 0.25) is 5.02 Å². The predicted octanol–water partition coefficient (Wildman–Crippen LogP) is 3.20. The van der Waals surface area contributed by atoms with E-state index in [2.05, 4.69) is 4.72 Å². The van der Waals surface area contributed by atoms with Crippen molar-refractivity contribution in [2.24, 2.45) is 0 Å². The third kappa shape index (κ3) is 2.84. The molecule has 0 saturated carbocycles. The van der Waals surface area contributed by atoms with Gasteiger partial charge in [0.05, 0.1) is 17.9 Å². The molecule has 0 aromatic heterocycles. The molecule has 1 heterocycles. The molecular weight excluding hydrogens is 324 g/mol. The zero-order chi connectivity index (χ0) is 15.7. The van der Waals surface area contributed by atoms with E-state index in [1.807, 2.05) is 13.0 Å². The fraction of sp³-hybridized carbons (Fsp3) is 0.200. The third-order valence-corrected chi connectivity index (χ3v) is 5.09. The lowest BCUT2D eigenvalue weighted by Crippen LogP contribution is -2.41. The van der Waals surface area contributed by atoms with Gasteiger partial charge in [0.2, 0.25) is 0 Å². The van der Waals surface area contributed by atoms with Crippen LogP contribution in [0.3, 0.4) is 0 Å². The van der Waals surface area contributed by atoms with Crippen molar-refractivity contribution in [3.63, 3.8) is 0 Å². The van der Waals surface area contributed by atoms with Gasteiger partial charge in [-0.15, -0.1) is 0 Å². The lowest BCUT2D eigenvalue weighted by Gasteiger charge is -2.30. The van der Waals surface area contributed by atoms with E-state index in [0.29, 0.717) is 28.8 Å². The summed E-state index contributed by atoms with van der Waals surface area (Å²) in [6.45, 7) is 2.39. The minimum Gasteiger partial charge on any atom is -0.489 e. The van der Waals surface area contributed by atoms with E-state index < -0.39 is 10.2 Å². The van der Waals surface area contributed by atoms with Crippen molar-refractivity contribution in [1.82, 2.24) is 0 Å². The molecule has 0 radical (unpaired) electrons. The topological polar surface area (TPSA) is 58.6 Å². The van der Waals surface area contributed by atoms with E-state index in [9.17, 15) is 8.42 Å². The normalized spacial score (nSPS) is 14.2. The Labute approximate surface area is 134 Å². The molecule has 0 spiro atoms. The summed E-state index contributed by atoms with van der Waals surface area (Å²) < 4.78 is 34.8. The number of ether oxygens (including phenoxy) is 1. The van der Waals surface area contributed by atoms with Crippen LogP contribution in [0.1, 0.15) is 5.56 Å². The fourth-order valence-electron chi connectivity index (χ4n) is 2.29. The number of nitrogens with one attached hydrogen (secondary N) is 1. The van der Waals surface area contributed by atoms with Crippen LogP contribution in [0, 0.1) is 6.92 Å². The molecule has 0 bridgehead atoms. The Balaban J connectivity index is 1.96. The Morgan fingerprint density at radius 1 is 1.23 bits per heavy atom. The third-order valence-electron chi connectivity index (χ3n) is 3.41. The first-order valence-electron chi connectivity index (χ1n) is 6.76. The van der Waals surface area contributed by atoms with Gasteiger partial charge in [-0.2, -0.15) is 8.42 Å². The van der Waals surface area contributed by atoms with Gasteiger partial charge >= 0.3 is 10.2 Å². The zero-order valence-electron chi connectivity index (χ0n) is 11.9. The lowest BCUT2D eigenvalue weighted by molar-refractivity contribution is 0.316. The molecule has 0 atom stereocenters. The summed E-state index contributed by atoms with van der Waals surface area (Å²) in [5.41, 5.74) is 1.80. The molecule has 0 saturated heterocycles. The maximum absolute atomic E-state index is 12.7. The molecule has 3 rings (SSSR count). The number of hydrogen-bond donors (Lipinski definition) is 1. The van der Waals surface area contributed by atoms with Crippen LogP contribution in [0.5, 0.6) is 5.75 Å². The van der Waals surface area contributed by atoms with Crippen LogP contribution in [-0.2, 0) is 10.2 Å². The first kappa shape index (κ1) is 15.0. The van der Waals surface area contributed by atoms with Crippen molar-refractivity contribution in [2.45, 2.75) is 6.92 Å². The van der Waals surface area contributed by atoms with Crippen LogP contribution in [0.25, 0.3) is 0 Å². The summed E-state index contributed by atoms with van der Waals surface area (Å²) in [6, 6.07) is 12.2. The Hall–Kier alpha value is -1.92. The first-order valence-corrected chi connectivity index (χ1v) is 8.58. The maximum Gasteiger partial charge on any atom is 0.324 e. The average molecular weight is 339 g/mol. The number of rotatable bonds is 3. The highest BCUT2D eigenvalue weighted by Gasteiger charge is 2.28. The van der Waals surface area contributed by atoms with Crippen LogP contribution in [0.4, 0.5) is 11.4 Å². The van der Waals surface area contributed by atoms with Crippen LogP contribution >= 0.6 is 11.6 Å². The smallest absolute Gasteiger partial charge is 0.324 e. The summed E-state index contributed by atoms with van der Waals surface area (Å²) in [7, 11) is -3.74. The quantitative estimate of drug-likeness (QED) is 0.935. The van der Waals surface area contributed by atoms with Gasteiger partial charge in [-0.25, -0.2) is 4.31 Å². The zero-order valence-corrected chi connectivity index (χ0v) is 13.5. The first-order chi connectivity index (χ1) is 10.5. The molecule has 0 unspecified atom stereocenters. The number of benzene rings is 2. The van der Waals surface area contributed by atoms with Gasteiger partial charge in [-0.3, -0.25) is 4.72 Å². The largest absolute Gasteiger partial charge is 0.489 e. The van der Waals surface area contributed by atoms with Crippen molar-refractivity contribution >= 4 is 33.2 Å². The minimum atomic E-state index is -3.74. The SMILES string of the molecule is Cc1ccc(Cl)cc1NS(=O)(=O)N1CCOc2ccccc21. The van der Waals surface area contributed by atoms with Crippen molar-refractivity contribution in [1.29, 1.82) is 0 Å². The molecule has 0 amide bonds. The predicted molar refractivity (Wildman–Crippen MR) is 88.0 cm³/mol. The highest BCUT2D eigenvalue weighted by molar-refractivity contribution is 7.94. The van der Waals surface area contributed by atoms with E-state index in [0.717, 1.165) is 5.56 Å².